The van der Waals surface area contributed by atoms with Gasteiger partial charge in [0.2, 0.25) is 0 Å². The first-order valence-corrected chi connectivity index (χ1v) is 7.69. The second-order valence-electron chi connectivity index (χ2n) is 6.36. The zero-order valence-corrected chi connectivity index (χ0v) is 13.1. The van der Waals surface area contributed by atoms with Crippen LogP contribution in [0.15, 0.2) is 6.20 Å². The molecule has 2 N–H and O–H groups in total. The number of anilines is 1. The molecule has 6 nitrogen and oxygen atoms in total. The Bertz CT molecular complexity index is 626. The van der Waals surface area contributed by atoms with Crippen molar-refractivity contribution in [2.75, 3.05) is 12.8 Å². The minimum Gasteiger partial charge on any atom is -0.383 e. The molecule has 2 aromatic heterocycles. The summed E-state index contributed by atoms with van der Waals surface area (Å²) in [6.07, 6.45) is 6.89. The van der Waals surface area contributed by atoms with Crippen molar-refractivity contribution in [1.82, 2.24) is 24.6 Å². The van der Waals surface area contributed by atoms with Crippen molar-refractivity contribution in [3.05, 3.63) is 12.0 Å². The SMILES string of the molecule is CC1CCC(N(C)Cc2nc(N)c3cnn(C)c3n2)CC1. The van der Waals surface area contributed by atoms with Gasteiger partial charge in [-0.25, -0.2) is 9.97 Å². The van der Waals surface area contributed by atoms with E-state index in [-0.39, 0.29) is 0 Å². The maximum Gasteiger partial charge on any atom is 0.163 e. The predicted molar refractivity (Wildman–Crippen MR) is 83.6 cm³/mol. The molecule has 0 radical (unpaired) electrons. The Labute approximate surface area is 125 Å². The number of nitrogens with zero attached hydrogens (tertiary/aromatic N) is 5. The molecule has 0 amide bonds. The quantitative estimate of drug-likeness (QED) is 0.934. The van der Waals surface area contributed by atoms with Gasteiger partial charge in [0.1, 0.15) is 11.6 Å². The highest BCUT2D eigenvalue weighted by Crippen LogP contribution is 2.27. The molecule has 2 heterocycles. The predicted octanol–water partition coefficient (Wildman–Crippen LogP) is 1.96. The molecule has 21 heavy (non-hydrogen) atoms. The minimum atomic E-state index is 0.522. The van der Waals surface area contributed by atoms with Crippen LogP contribution in [-0.2, 0) is 13.6 Å². The summed E-state index contributed by atoms with van der Waals surface area (Å²) >= 11 is 0. The molecule has 114 valence electrons. The van der Waals surface area contributed by atoms with E-state index in [2.05, 4.69) is 33.9 Å². The molecule has 0 saturated heterocycles. The van der Waals surface area contributed by atoms with E-state index < -0.39 is 0 Å². The third-order valence-corrected chi connectivity index (χ3v) is 4.67. The van der Waals surface area contributed by atoms with Crippen LogP contribution in [0.25, 0.3) is 11.0 Å². The average molecular weight is 288 g/mol. The van der Waals surface area contributed by atoms with Gasteiger partial charge in [-0.1, -0.05) is 6.92 Å². The number of hydrogen-bond donors (Lipinski definition) is 1. The third kappa shape index (κ3) is 2.85. The molecule has 3 rings (SSSR count). The number of fused-ring (bicyclic) bond motifs is 1. The highest BCUT2D eigenvalue weighted by Gasteiger charge is 2.22. The van der Waals surface area contributed by atoms with Gasteiger partial charge in [0.25, 0.3) is 0 Å². The molecule has 0 bridgehead atoms. The summed E-state index contributed by atoms with van der Waals surface area (Å²) in [5, 5.41) is 5.02. The number of aryl methyl sites for hydroxylation is 1. The molecule has 0 aromatic carbocycles. The van der Waals surface area contributed by atoms with E-state index in [1.807, 2.05) is 7.05 Å². The summed E-state index contributed by atoms with van der Waals surface area (Å²) in [4.78, 5) is 11.4. The van der Waals surface area contributed by atoms with E-state index in [0.29, 0.717) is 11.9 Å². The fourth-order valence-electron chi connectivity index (χ4n) is 3.20. The molecule has 1 saturated carbocycles. The van der Waals surface area contributed by atoms with Gasteiger partial charge < -0.3 is 5.73 Å². The molecule has 1 aliphatic carbocycles. The van der Waals surface area contributed by atoms with Crippen molar-refractivity contribution in [3.8, 4) is 0 Å². The molecule has 6 heteroatoms. The largest absolute Gasteiger partial charge is 0.383 e. The van der Waals surface area contributed by atoms with Crippen molar-refractivity contribution in [3.63, 3.8) is 0 Å². The summed E-state index contributed by atoms with van der Waals surface area (Å²) in [5.74, 6) is 2.17. The van der Waals surface area contributed by atoms with Gasteiger partial charge in [-0.05, 0) is 38.6 Å². The lowest BCUT2D eigenvalue weighted by atomic mass is 9.87. The smallest absolute Gasteiger partial charge is 0.163 e. The van der Waals surface area contributed by atoms with Gasteiger partial charge in [0, 0.05) is 13.1 Å². The topological polar surface area (TPSA) is 72.9 Å². The van der Waals surface area contributed by atoms with Crippen LogP contribution in [0.3, 0.4) is 0 Å². The van der Waals surface area contributed by atoms with Gasteiger partial charge in [0.15, 0.2) is 5.65 Å². The number of hydrogen-bond acceptors (Lipinski definition) is 5. The first kappa shape index (κ1) is 14.3. The lowest BCUT2D eigenvalue weighted by Crippen LogP contribution is -2.34. The maximum atomic E-state index is 6.02. The lowest BCUT2D eigenvalue weighted by Gasteiger charge is -2.33. The zero-order valence-electron chi connectivity index (χ0n) is 13.1. The maximum absolute atomic E-state index is 6.02. The molecule has 2 aromatic rings. The Balaban J connectivity index is 1.76. The van der Waals surface area contributed by atoms with Gasteiger partial charge in [-0.2, -0.15) is 5.10 Å². The van der Waals surface area contributed by atoms with Crippen molar-refractivity contribution >= 4 is 16.9 Å². The normalized spacial score (nSPS) is 23.0. The van der Waals surface area contributed by atoms with Crippen LogP contribution in [0, 0.1) is 5.92 Å². The van der Waals surface area contributed by atoms with Crippen molar-refractivity contribution in [1.29, 1.82) is 0 Å². The standard InChI is InChI=1S/C15H24N6/c1-10-4-6-11(7-5-10)20(2)9-13-18-14(16)12-8-17-21(3)15(12)19-13/h8,10-11H,4-7,9H2,1-3H3,(H2,16,18,19). The van der Waals surface area contributed by atoms with Crippen molar-refractivity contribution in [2.24, 2.45) is 13.0 Å². The Morgan fingerprint density at radius 1 is 1.29 bits per heavy atom. The van der Waals surface area contributed by atoms with E-state index in [1.54, 1.807) is 10.9 Å². The summed E-state index contributed by atoms with van der Waals surface area (Å²) in [6, 6.07) is 0.633. The second-order valence-corrected chi connectivity index (χ2v) is 6.36. The van der Waals surface area contributed by atoms with E-state index in [0.717, 1.165) is 29.3 Å². The first-order valence-electron chi connectivity index (χ1n) is 7.69. The van der Waals surface area contributed by atoms with Crippen LogP contribution in [0.5, 0.6) is 0 Å². The Kier molecular flexibility index (Phi) is 3.80. The lowest BCUT2D eigenvalue weighted by molar-refractivity contribution is 0.161. The second kappa shape index (κ2) is 5.60. The van der Waals surface area contributed by atoms with Gasteiger partial charge >= 0.3 is 0 Å². The van der Waals surface area contributed by atoms with Crippen LogP contribution in [-0.4, -0.2) is 37.7 Å². The molecule has 0 spiro atoms. The average Bonchev–Trinajstić information content (AvgIpc) is 2.82. The summed E-state index contributed by atoms with van der Waals surface area (Å²) in [5.41, 5.74) is 6.83. The Morgan fingerprint density at radius 3 is 2.71 bits per heavy atom. The van der Waals surface area contributed by atoms with Crippen LogP contribution >= 0.6 is 0 Å². The van der Waals surface area contributed by atoms with E-state index in [9.17, 15) is 0 Å². The van der Waals surface area contributed by atoms with Crippen molar-refractivity contribution < 1.29 is 0 Å². The highest BCUT2D eigenvalue weighted by atomic mass is 15.3. The minimum absolute atomic E-state index is 0.522. The van der Waals surface area contributed by atoms with Gasteiger partial charge in [-0.3, -0.25) is 9.58 Å². The molecular formula is C15H24N6. The number of rotatable bonds is 3. The number of nitrogens with two attached hydrogens (primary N) is 1. The fraction of sp³-hybridized carbons (Fsp3) is 0.667. The van der Waals surface area contributed by atoms with E-state index in [1.165, 1.54) is 25.7 Å². The highest BCUT2D eigenvalue weighted by molar-refractivity contribution is 5.84. The Hall–Kier alpha value is -1.69. The van der Waals surface area contributed by atoms with Gasteiger partial charge in [-0.15, -0.1) is 0 Å². The molecule has 0 atom stereocenters. The monoisotopic (exact) mass is 288 g/mol. The zero-order chi connectivity index (χ0) is 15.0. The summed E-state index contributed by atoms with van der Waals surface area (Å²) < 4.78 is 1.75. The first-order chi connectivity index (χ1) is 10.0. The van der Waals surface area contributed by atoms with Crippen LogP contribution in [0.4, 0.5) is 5.82 Å². The van der Waals surface area contributed by atoms with Crippen LogP contribution in [0.2, 0.25) is 0 Å². The van der Waals surface area contributed by atoms with E-state index in [4.69, 9.17) is 5.73 Å². The van der Waals surface area contributed by atoms with Crippen LogP contribution in [0.1, 0.15) is 38.4 Å². The van der Waals surface area contributed by atoms with Crippen LogP contribution < -0.4 is 5.73 Å². The molecular weight excluding hydrogens is 264 g/mol. The molecule has 0 unspecified atom stereocenters. The fourth-order valence-corrected chi connectivity index (χ4v) is 3.20. The molecule has 0 aliphatic heterocycles. The summed E-state index contributed by atoms with van der Waals surface area (Å²) in [7, 11) is 4.04. The summed E-state index contributed by atoms with van der Waals surface area (Å²) in [6.45, 7) is 3.08. The van der Waals surface area contributed by atoms with Crippen molar-refractivity contribution in [2.45, 2.75) is 45.2 Å². The van der Waals surface area contributed by atoms with Gasteiger partial charge in [0.05, 0.1) is 18.1 Å². The van der Waals surface area contributed by atoms with E-state index >= 15 is 0 Å². The number of nitrogen functional groups attached to an aromatic ring is 1. The molecule has 1 aliphatic rings. The Morgan fingerprint density at radius 2 is 2.00 bits per heavy atom. The molecule has 1 fully saturated rings. The number of aromatic nitrogens is 4. The third-order valence-electron chi connectivity index (χ3n) is 4.67.